The van der Waals surface area contributed by atoms with E-state index in [0.29, 0.717) is 18.5 Å². The maximum atomic E-state index is 5.86. The highest BCUT2D eigenvalue weighted by Gasteiger charge is 2.30. The molecule has 21 heavy (non-hydrogen) atoms. The van der Waals surface area contributed by atoms with Gasteiger partial charge in [0, 0.05) is 24.3 Å². The van der Waals surface area contributed by atoms with Gasteiger partial charge >= 0.3 is 0 Å². The van der Waals surface area contributed by atoms with Crippen molar-refractivity contribution in [1.82, 2.24) is 9.97 Å². The van der Waals surface area contributed by atoms with E-state index < -0.39 is 0 Å². The Morgan fingerprint density at radius 1 is 1.29 bits per heavy atom. The third-order valence-electron chi connectivity index (χ3n) is 3.51. The molecule has 5 nitrogen and oxygen atoms in total. The topological polar surface area (TPSA) is 64.3 Å². The zero-order chi connectivity index (χ0) is 14.7. The molecule has 1 fully saturated rings. The van der Waals surface area contributed by atoms with Gasteiger partial charge in [0.05, 0.1) is 6.61 Å². The van der Waals surface area contributed by atoms with Gasteiger partial charge < -0.3 is 15.4 Å². The van der Waals surface area contributed by atoms with Crippen molar-refractivity contribution in [1.29, 1.82) is 0 Å². The van der Waals surface area contributed by atoms with Gasteiger partial charge in [-0.05, 0) is 37.5 Å². The molecule has 0 saturated heterocycles. The molecule has 0 unspecified atom stereocenters. The van der Waals surface area contributed by atoms with Crippen molar-refractivity contribution in [2.24, 2.45) is 0 Å². The van der Waals surface area contributed by atoms with E-state index in [1.807, 2.05) is 31.2 Å². The Kier molecular flexibility index (Phi) is 3.90. The summed E-state index contributed by atoms with van der Waals surface area (Å²) in [6.07, 6.45) is 3.97. The lowest BCUT2D eigenvalue weighted by atomic mass is 10.2. The fraction of sp³-hybridized carbons (Fsp3) is 0.375. The molecule has 2 N–H and O–H groups in total. The molecule has 1 saturated carbocycles. The highest BCUT2D eigenvalue weighted by molar-refractivity contribution is 5.47. The molecule has 1 aromatic carbocycles. The van der Waals surface area contributed by atoms with Gasteiger partial charge in [-0.1, -0.05) is 12.1 Å². The van der Waals surface area contributed by atoms with Gasteiger partial charge in [-0.25, -0.2) is 9.97 Å². The zero-order valence-corrected chi connectivity index (χ0v) is 12.2. The van der Waals surface area contributed by atoms with Gasteiger partial charge in [-0.15, -0.1) is 0 Å². The third-order valence-corrected chi connectivity index (χ3v) is 3.51. The normalized spacial score (nSPS) is 14.0. The SMILES string of the molecule is CCOc1cc(N(Cc2cccc(N)c2)C2CC2)ncn1. The van der Waals surface area contributed by atoms with Crippen molar-refractivity contribution >= 4 is 11.5 Å². The van der Waals surface area contributed by atoms with Crippen molar-refractivity contribution in [3.8, 4) is 5.88 Å². The first kappa shape index (κ1) is 13.7. The first-order valence-electron chi connectivity index (χ1n) is 7.32. The molecule has 1 aliphatic rings. The van der Waals surface area contributed by atoms with Gasteiger partial charge in [0.15, 0.2) is 0 Å². The van der Waals surface area contributed by atoms with E-state index in [1.54, 1.807) is 6.33 Å². The van der Waals surface area contributed by atoms with Crippen LogP contribution in [-0.4, -0.2) is 22.6 Å². The summed E-state index contributed by atoms with van der Waals surface area (Å²) in [6, 6.07) is 10.5. The summed E-state index contributed by atoms with van der Waals surface area (Å²) in [5.41, 5.74) is 7.85. The fourth-order valence-electron chi connectivity index (χ4n) is 2.39. The highest BCUT2D eigenvalue weighted by atomic mass is 16.5. The summed E-state index contributed by atoms with van der Waals surface area (Å²) >= 11 is 0. The zero-order valence-electron chi connectivity index (χ0n) is 12.2. The summed E-state index contributed by atoms with van der Waals surface area (Å²) in [5, 5.41) is 0. The van der Waals surface area contributed by atoms with Gasteiger partial charge in [0.25, 0.3) is 0 Å². The maximum Gasteiger partial charge on any atom is 0.218 e. The lowest BCUT2D eigenvalue weighted by Gasteiger charge is -2.24. The largest absolute Gasteiger partial charge is 0.478 e. The van der Waals surface area contributed by atoms with E-state index in [4.69, 9.17) is 10.5 Å². The van der Waals surface area contributed by atoms with E-state index in [2.05, 4.69) is 20.9 Å². The summed E-state index contributed by atoms with van der Waals surface area (Å²) in [5.74, 6) is 1.54. The number of aromatic nitrogens is 2. The lowest BCUT2D eigenvalue weighted by molar-refractivity contribution is 0.326. The minimum Gasteiger partial charge on any atom is -0.478 e. The molecule has 0 atom stereocenters. The monoisotopic (exact) mass is 284 g/mol. The molecule has 2 aromatic rings. The fourth-order valence-corrected chi connectivity index (χ4v) is 2.39. The Bertz CT molecular complexity index is 613. The molecule has 1 aromatic heterocycles. The number of rotatable bonds is 6. The first-order chi connectivity index (χ1) is 10.3. The van der Waals surface area contributed by atoms with E-state index in [0.717, 1.165) is 18.1 Å². The van der Waals surface area contributed by atoms with Crippen LogP contribution in [0.4, 0.5) is 11.5 Å². The molecule has 0 bridgehead atoms. The Balaban J connectivity index is 1.83. The summed E-state index contributed by atoms with van der Waals surface area (Å²) in [7, 11) is 0. The van der Waals surface area contributed by atoms with Crippen LogP contribution >= 0.6 is 0 Å². The first-order valence-corrected chi connectivity index (χ1v) is 7.32. The number of hydrogen-bond donors (Lipinski definition) is 1. The summed E-state index contributed by atoms with van der Waals surface area (Å²) < 4.78 is 5.47. The summed E-state index contributed by atoms with van der Waals surface area (Å²) in [4.78, 5) is 10.8. The van der Waals surface area contributed by atoms with Crippen molar-refractivity contribution in [2.75, 3.05) is 17.2 Å². The molecular formula is C16H20N4O. The van der Waals surface area contributed by atoms with Crippen LogP contribution in [-0.2, 0) is 6.54 Å². The minimum absolute atomic E-state index is 0.552. The van der Waals surface area contributed by atoms with Gasteiger partial charge in [0.1, 0.15) is 12.1 Å². The molecule has 110 valence electrons. The Morgan fingerprint density at radius 3 is 2.86 bits per heavy atom. The van der Waals surface area contributed by atoms with Crippen LogP contribution in [0.2, 0.25) is 0 Å². The number of hydrogen-bond acceptors (Lipinski definition) is 5. The molecule has 0 amide bonds. The standard InChI is InChI=1S/C16H20N4O/c1-2-21-16-9-15(18-11-19-16)20(14-6-7-14)10-12-4-3-5-13(17)8-12/h3-5,8-9,11,14H,2,6-7,10,17H2,1H3. The minimum atomic E-state index is 0.552. The number of anilines is 2. The molecular weight excluding hydrogens is 264 g/mol. The number of nitrogen functional groups attached to an aromatic ring is 1. The van der Waals surface area contributed by atoms with E-state index >= 15 is 0 Å². The summed E-state index contributed by atoms with van der Waals surface area (Å²) in [6.45, 7) is 3.36. The van der Waals surface area contributed by atoms with E-state index in [9.17, 15) is 0 Å². The van der Waals surface area contributed by atoms with Gasteiger partial charge in [-0.2, -0.15) is 0 Å². The maximum absolute atomic E-state index is 5.86. The smallest absolute Gasteiger partial charge is 0.218 e. The average Bonchev–Trinajstić information content (AvgIpc) is 3.30. The molecule has 3 rings (SSSR count). The van der Waals surface area contributed by atoms with Crippen molar-refractivity contribution in [2.45, 2.75) is 32.4 Å². The second-order valence-electron chi connectivity index (χ2n) is 5.25. The Labute approximate surface area is 124 Å². The van der Waals surface area contributed by atoms with Crippen LogP contribution in [0.25, 0.3) is 0 Å². The van der Waals surface area contributed by atoms with Crippen LogP contribution in [0, 0.1) is 0 Å². The molecule has 1 aliphatic carbocycles. The highest BCUT2D eigenvalue weighted by Crippen LogP contribution is 2.33. The second kappa shape index (κ2) is 5.99. The van der Waals surface area contributed by atoms with Gasteiger partial charge in [0.2, 0.25) is 5.88 Å². The number of benzene rings is 1. The predicted molar refractivity (Wildman–Crippen MR) is 83.3 cm³/mol. The molecule has 5 heteroatoms. The quantitative estimate of drug-likeness (QED) is 0.826. The van der Waals surface area contributed by atoms with Crippen molar-refractivity contribution in [3.05, 3.63) is 42.2 Å². The van der Waals surface area contributed by atoms with E-state index in [1.165, 1.54) is 18.4 Å². The Hall–Kier alpha value is -2.30. The van der Waals surface area contributed by atoms with Gasteiger partial charge in [-0.3, -0.25) is 0 Å². The molecule has 0 radical (unpaired) electrons. The predicted octanol–water partition coefficient (Wildman–Crippen LogP) is 2.63. The molecule has 0 aliphatic heterocycles. The third kappa shape index (κ3) is 3.42. The second-order valence-corrected chi connectivity index (χ2v) is 5.25. The van der Waals surface area contributed by atoms with Crippen LogP contribution in [0.1, 0.15) is 25.3 Å². The molecule has 1 heterocycles. The van der Waals surface area contributed by atoms with Crippen LogP contribution < -0.4 is 15.4 Å². The average molecular weight is 284 g/mol. The van der Waals surface area contributed by atoms with Crippen LogP contribution in [0.3, 0.4) is 0 Å². The number of ether oxygens (including phenoxy) is 1. The number of nitrogens with zero attached hydrogens (tertiary/aromatic N) is 3. The lowest BCUT2D eigenvalue weighted by Crippen LogP contribution is -2.26. The van der Waals surface area contributed by atoms with Crippen LogP contribution in [0.5, 0.6) is 5.88 Å². The molecule has 0 spiro atoms. The Morgan fingerprint density at radius 2 is 2.14 bits per heavy atom. The van der Waals surface area contributed by atoms with Crippen molar-refractivity contribution < 1.29 is 4.74 Å². The van der Waals surface area contributed by atoms with Crippen LogP contribution in [0.15, 0.2) is 36.7 Å². The van der Waals surface area contributed by atoms with E-state index in [-0.39, 0.29) is 0 Å². The number of nitrogens with two attached hydrogens (primary N) is 1. The van der Waals surface area contributed by atoms with Crippen molar-refractivity contribution in [3.63, 3.8) is 0 Å².